The van der Waals surface area contributed by atoms with Crippen LogP contribution in [0, 0.1) is 6.92 Å². The molecule has 0 aliphatic carbocycles. The van der Waals surface area contributed by atoms with Crippen LogP contribution in [0.3, 0.4) is 0 Å². The molecule has 0 atom stereocenters. The zero-order valence-corrected chi connectivity index (χ0v) is 19.2. The highest BCUT2D eigenvalue weighted by Crippen LogP contribution is 2.15. The number of aromatic nitrogens is 3. The number of pyridine rings is 2. The number of carbonyl (C=O) groups excluding carboxylic acids is 2. The summed E-state index contributed by atoms with van der Waals surface area (Å²) in [6.45, 7) is 4.12. The smallest absolute Gasteiger partial charge is 0.341 e. The van der Waals surface area contributed by atoms with Crippen LogP contribution in [0.1, 0.15) is 32.5 Å². The minimum absolute atomic E-state index is 0.0110. The number of ether oxygens (including phenoxy) is 2. The first kappa shape index (κ1) is 22.6. The van der Waals surface area contributed by atoms with Crippen molar-refractivity contribution < 1.29 is 19.1 Å². The van der Waals surface area contributed by atoms with Crippen molar-refractivity contribution in [3.05, 3.63) is 73.8 Å². The standard InChI is InChI=1S/C23H22N4O5S/c1-4-32-23(30)16-13-15-19(24-18-14(2)7-5-9-27(18)22(15)29)26(10-11-31-3)20(16)25-21(28)17-8-6-12-33-17/h5-9,12-13H,4,10-11H2,1-3H3. The van der Waals surface area contributed by atoms with Gasteiger partial charge in [0, 0.05) is 19.9 Å². The first-order valence-electron chi connectivity index (χ1n) is 10.3. The van der Waals surface area contributed by atoms with E-state index in [4.69, 9.17) is 14.5 Å². The molecule has 0 aromatic carbocycles. The SMILES string of the molecule is CCOC(=O)c1cc2c(=O)n3cccc(C)c3nc2n(CCOC)c1=NC(=O)c1cccs1. The number of fused-ring (bicyclic) bond motifs is 2. The highest BCUT2D eigenvalue weighted by molar-refractivity contribution is 7.12. The van der Waals surface area contributed by atoms with E-state index < -0.39 is 11.9 Å². The first-order chi connectivity index (χ1) is 16.0. The Kier molecular flexibility index (Phi) is 6.47. The number of hydrogen-bond acceptors (Lipinski definition) is 7. The number of hydrogen-bond donors (Lipinski definition) is 0. The molecule has 4 rings (SSSR count). The summed E-state index contributed by atoms with van der Waals surface area (Å²) >= 11 is 1.25. The minimum Gasteiger partial charge on any atom is -0.462 e. The molecule has 10 heteroatoms. The molecule has 0 fully saturated rings. The van der Waals surface area contributed by atoms with Crippen molar-refractivity contribution in [1.82, 2.24) is 14.0 Å². The number of rotatable bonds is 6. The maximum atomic E-state index is 13.3. The van der Waals surface area contributed by atoms with E-state index in [0.717, 1.165) is 5.56 Å². The van der Waals surface area contributed by atoms with E-state index in [-0.39, 0.29) is 41.8 Å². The van der Waals surface area contributed by atoms with Crippen LogP contribution in [0.15, 0.2) is 51.7 Å². The Balaban J connectivity index is 2.15. The van der Waals surface area contributed by atoms with Gasteiger partial charge in [0.1, 0.15) is 16.9 Å². The summed E-state index contributed by atoms with van der Waals surface area (Å²) in [5.41, 5.74) is 1.32. The Bertz CT molecular complexity index is 1490. The lowest BCUT2D eigenvalue weighted by atomic mass is 10.2. The molecule has 170 valence electrons. The van der Waals surface area contributed by atoms with E-state index >= 15 is 0 Å². The number of amides is 1. The van der Waals surface area contributed by atoms with Gasteiger partial charge in [-0.25, -0.2) is 9.78 Å². The van der Waals surface area contributed by atoms with Crippen LogP contribution in [0.25, 0.3) is 16.7 Å². The van der Waals surface area contributed by atoms with Gasteiger partial charge in [-0.05, 0) is 43.0 Å². The molecule has 0 N–H and O–H groups in total. The van der Waals surface area contributed by atoms with E-state index in [1.807, 2.05) is 13.0 Å². The van der Waals surface area contributed by atoms with Gasteiger partial charge in [-0.15, -0.1) is 11.3 Å². The van der Waals surface area contributed by atoms with E-state index in [2.05, 4.69) is 4.99 Å². The van der Waals surface area contributed by atoms with Gasteiger partial charge in [0.15, 0.2) is 5.49 Å². The molecule has 0 aliphatic rings. The van der Waals surface area contributed by atoms with Crippen LogP contribution in [0.5, 0.6) is 0 Å². The highest BCUT2D eigenvalue weighted by atomic mass is 32.1. The summed E-state index contributed by atoms with van der Waals surface area (Å²) < 4.78 is 13.5. The molecule has 0 aliphatic heterocycles. The summed E-state index contributed by atoms with van der Waals surface area (Å²) in [5, 5.41) is 1.98. The maximum Gasteiger partial charge on any atom is 0.341 e. The summed E-state index contributed by atoms with van der Waals surface area (Å²) in [6, 6.07) is 8.41. The van der Waals surface area contributed by atoms with Crippen molar-refractivity contribution >= 4 is 39.9 Å². The molecule has 0 saturated carbocycles. The van der Waals surface area contributed by atoms with Crippen molar-refractivity contribution in [3.63, 3.8) is 0 Å². The second kappa shape index (κ2) is 9.47. The van der Waals surface area contributed by atoms with Gasteiger partial charge >= 0.3 is 5.97 Å². The van der Waals surface area contributed by atoms with Gasteiger partial charge in [-0.3, -0.25) is 14.0 Å². The van der Waals surface area contributed by atoms with Crippen molar-refractivity contribution in [3.8, 4) is 0 Å². The molecule has 4 aromatic rings. The monoisotopic (exact) mass is 466 g/mol. The Hall–Kier alpha value is -3.63. The fourth-order valence-electron chi connectivity index (χ4n) is 3.51. The van der Waals surface area contributed by atoms with Crippen LogP contribution < -0.4 is 11.0 Å². The number of carbonyl (C=O) groups is 2. The van der Waals surface area contributed by atoms with Crippen molar-refractivity contribution in [2.45, 2.75) is 20.4 Å². The van der Waals surface area contributed by atoms with Crippen LogP contribution in [0.2, 0.25) is 0 Å². The first-order valence-corrected chi connectivity index (χ1v) is 11.2. The Morgan fingerprint density at radius 1 is 1.21 bits per heavy atom. The molecule has 0 unspecified atom stereocenters. The van der Waals surface area contributed by atoms with Gasteiger partial charge in [0.2, 0.25) is 0 Å². The molecule has 33 heavy (non-hydrogen) atoms. The molecular formula is C23H22N4O5S. The molecule has 4 aromatic heterocycles. The lowest BCUT2D eigenvalue weighted by Crippen LogP contribution is -2.33. The highest BCUT2D eigenvalue weighted by Gasteiger charge is 2.20. The number of methoxy groups -OCH3 is 1. The second-order valence-corrected chi connectivity index (χ2v) is 8.13. The van der Waals surface area contributed by atoms with Crippen molar-refractivity contribution in [1.29, 1.82) is 0 Å². The third kappa shape index (κ3) is 4.22. The zero-order valence-electron chi connectivity index (χ0n) is 18.4. The third-order valence-corrected chi connectivity index (χ3v) is 5.92. The number of thiophene rings is 1. The number of esters is 1. The molecule has 0 saturated heterocycles. The maximum absolute atomic E-state index is 13.3. The third-order valence-electron chi connectivity index (χ3n) is 5.06. The quantitative estimate of drug-likeness (QED) is 0.320. The fraction of sp³-hybridized carbons (Fsp3) is 0.261. The summed E-state index contributed by atoms with van der Waals surface area (Å²) in [4.78, 5) is 48.5. The molecule has 0 radical (unpaired) electrons. The van der Waals surface area contributed by atoms with Gasteiger partial charge in [0.05, 0.1) is 23.5 Å². The molecule has 9 nitrogen and oxygen atoms in total. The average molecular weight is 467 g/mol. The molecular weight excluding hydrogens is 444 g/mol. The van der Waals surface area contributed by atoms with Crippen LogP contribution in [0.4, 0.5) is 0 Å². The van der Waals surface area contributed by atoms with Crippen molar-refractivity contribution in [2.75, 3.05) is 20.3 Å². The van der Waals surface area contributed by atoms with Crippen LogP contribution in [-0.2, 0) is 16.0 Å². The van der Waals surface area contributed by atoms with Gasteiger partial charge in [-0.2, -0.15) is 4.99 Å². The fourth-order valence-corrected chi connectivity index (χ4v) is 4.12. The van der Waals surface area contributed by atoms with Crippen LogP contribution in [-0.4, -0.2) is 46.2 Å². The van der Waals surface area contributed by atoms with Gasteiger partial charge in [0.25, 0.3) is 11.5 Å². The summed E-state index contributed by atoms with van der Waals surface area (Å²) in [7, 11) is 1.54. The second-order valence-electron chi connectivity index (χ2n) is 7.18. The molecule has 0 bridgehead atoms. The topological polar surface area (TPSA) is 104 Å². The average Bonchev–Trinajstić information content (AvgIpc) is 3.34. The van der Waals surface area contributed by atoms with E-state index in [0.29, 0.717) is 16.2 Å². The predicted octanol–water partition coefficient (Wildman–Crippen LogP) is 2.58. The minimum atomic E-state index is -0.683. The summed E-state index contributed by atoms with van der Waals surface area (Å²) in [5.74, 6) is -1.19. The van der Waals surface area contributed by atoms with E-state index in [1.165, 1.54) is 28.9 Å². The summed E-state index contributed by atoms with van der Waals surface area (Å²) in [6.07, 6.45) is 1.62. The number of aryl methyl sites for hydroxylation is 1. The van der Waals surface area contributed by atoms with Gasteiger partial charge in [-0.1, -0.05) is 12.1 Å². The van der Waals surface area contributed by atoms with E-state index in [9.17, 15) is 14.4 Å². The lowest BCUT2D eigenvalue weighted by Gasteiger charge is -2.15. The molecule has 0 spiro atoms. The molecule has 1 amide bonds. The molecule has 4 heterocycles. The predicted molar refractivity (Wildman–Crippen MR) is 124 cm³/mol. The number of nitrogens with zero attached hydrogens (tertiary/aromatic N) is 4. The largest absolute Gasteiger partial charge is 0.462 e. The van der Waals surface area contributed by atoms with Gasteiger partial charge < -0.3 is 14.0 Å². The Labute approximate surface area is 192 Å². The Morgan fingerprint density at radius 2 is 2.03 bits per heavy atom. The Morgan fingerprint density at radius 3 is 2.73 bits per heavy atom. The van der Waals surface area contributed by atoms with Crippen LogP contribution >= 0.6 is 11.3 Å². The zero-order chi connectivity index (χ0) is 23.5. The van der Waals surface area contributed by atoms with Crippen molar-refractivity contribution in [2.24, 2.45) is 4.99 Å². The lowest BCUT2D eigenvalue weighted by molar-refractivity contribution is 0.0523. The normalized spacial score (nSPS) is 11.9. The van der Waals surface area contributed by atoms with E-state index in [1.54, 1.807) is 41.3 Å².